The fraction of sp³-hybridized carbons (Fsp3) is 0.657. The van der Waals surface area contributed by atoms with Gasteiger partial charge in [-0.25, -0.2) is 0 Å². The summed E-state index contributed by atoms with van der Waals surface area (Å²) in [5.41, 5.74) is 1.46. The second kappa shape index (κ2) is 24.8. The molecule has 2 rings (SSSR count). The van der Waals surface area contributed by atoms with Crippen molar-refractivity contribution in [1.82, 2.24) is 0 Å². The van der Waals surface area contributed by atoms with Crippen molar-refractivity contribution in [3.05, 3.63) is 59.7 Å². The third-order valence-electron chi connectivity index (χ3n) is 8.05. The lowest BCUT2D eigenvalue weighted by Crippen LogP contribution is -2.43. The molecule has 0 aliphatic rings. The molecule has 0 amide bonds. The Kier molecular flexibility index (Phi) is 21.9. The summed E-state index contributed by atoms with van der Waals surface area (Å²) in [5, 5.41) is 0. The van der Waals surface area contributed by atoms with E-state index >= 15 is 0 Å². The molecule has 0 atom stereocenters. The number of ether oxygens (including phenoxy) is 2. The van der Waals surface area contributed by atoms with Crippen LogP contribution in [0.3, 0.4) is 0 Å². The maximum absolute atomic E-state index is 9.49. The van der Waals surface area contributed by atoms with Crippen LogP contribution in [-0.2, 0) is 21.9 Å². The first-order chi connectivity index (χ1) is 21.9. The molecule has 0 bridgehead atoms. The molecule has 256 valence electrons. The molecule has 0 aliphatic heterocycles. The summed E-state index contributed by atoms with van der Waals surface area (Å²) in [6.45, 7) is 4.18. The number of aryl methyl sites for hydroxylation is 2. The Bertz CT molecular complexity index is 893. The molecule has 0 aliphatic carbocycles. The Morgan fingerprint density at radius 3 is 1.13 bits per heavy atom. The number of unbranched alkanes of at least 4 members (excludes halogenated alkanes) is 12. The summed E-state index contributed by atoms with van der Waals surface area (Å²) in [5.74, 6) is 1.28. The summed E-state index contributed by atoms with van der Waals surface area (Å²) in [7, 11) is -5.28. The SMILES string of the molecule is CCCCCCCCCc1ccc(OCC(COc2ccc(CCCCCCCCC)cc2)(COP(O)O)COP(O)O)cc1. The van der Waals surface area contributed by atoms with Gasteiger partial charge in [0.1, 0.15) is 24.7 Å². The maximum Gasteiger partial charge on any atom is 0.327 e. The van der Waals surface area contributed by atoms with Crippen molar-refractivity contribution in [1.29, 1.82) is 0 Å². The number of hydrogen-bond acceptors (Lipinski definition) is 8. The fourth-order valence-corrected chi connectivity index (χ4v) is 5.97. The highest BCUT2D eigenvalue weighted by atomic mass is 31.2. The van der Waals surface area contributed by atoms with Gasteiger partial charge in [0.15, 0.2) is 0 Å². The third-order valence-corrected chi connectivity index (χ3v) is 8.77. The van der Waals surface area contributed by atoms with Crippen LogP contribution < -0.4 is 9.47 Å². The minimum Gasteiger partial charge on any atom is -0.493 e. The molecular formula is C35H58O8P2. The van der Waals surface area contributed by atoms with E-state index in [-0.39, 0.29) is 26.4 Å². The molecule has 2 aromatic carbocycles. The minimum atomic E-state index is -2.64. The van der Waals surface area contributed by atoms with Crippen molar-refractivity contribution in [3.63, 3.8) is 0 Å². The van der Waals surface area contributed by atoms with Gasteiger partial charge in [-0.15, -0.1) is 0 Å². The molecule has 4 N–H and O–H groups in total. The standard InChI is InChI=1S/C35H58O8P2/c1-3-5-7-9-11-13-15-17-31-19-23-33(24-20-31)40-27-35(29-42-44(36)37,30-43-45(38)39)28-41-34-25-21-32(22-26-34)18-16-14-12-10-8-6-4-2/h19-26,36-39H,3-18,27-30H2,1-2H3. The van der Waals surface area contributed by atoms with Crippen LogP contribution in [-0.4, -0.2) is 46.0 Å². The molecule has 10 heteroatoms. The van der Waals surface area contributed by atoms with Crippen LogP contribution >= 0.6 is 17.2 Å². The fourth-order valence-electron chi connectivity index (χ4n) is 5.19. The molecule has 0 saturated carbocycles. The van der Waals surface area contributed by atoms with E-state index in [1.54, 1.807) is 0 Å². The van der Waals surface area contributed by atoms with Gasteiger partial charge in [-0.1, -0.05) is 115 Å². The smallest absolute Gasteiger partial charge is 0.327 e. The van der Waals surface area contributed by atoms with E-state index in [0.29, 0.717) is 11.5 Å². The monoisotopic (exact) mass is 668 g/mol. The minimum absolute atomic E-state index is 0.0345. The van der Waals surface area contributed by atoms with Gasteiger partial charge in [-0.3, -0.25) is 0 Å². The van der Waals surface area contributed by atoms with E-state index in [2.05, 4.69) is 38.1 Å². The van der Waals surface area contributed by atoms with E-state index < -0.39 is 22.6 Å². The zero-order chi connectivity index (χ0) is 32.6. The Morgan fingerprint density at radius 1 is 0.467 bits per heavy atom. The van der Waals surface area contributed by atoms with E-state index in [1.807, 2.05) is 24.3 Å². The average molecular weight is 669 g/mol. The van der Waals surface area contributed by atoms with Crippen molar-refractivity contribution in [2.75, 3.05) is 26.4 Å². The average Bonchev–Trinajstić information content (AvgIpc) is 3.04. The first-order valence-electron chi connectivity index (χ1n) is 16.9. The van der Waals surface area contributed by atoms with E-state index in [4.69, 9.17) is 18.5 Å². The van der Waals surface area contributed by atoms with Crippen LogP contribution in [0.4, 0.5) is 0 Å². The summed E-state index contributed by atoms with van der Waals surface area (Å²) in [6, 6.07) is 15.9. The predicted molar refractivity (Wildman–Crippen MR) is 184 cm³/mol. The number of benzene rings is 2. The maximum atomic E-state index is 9.49. The quantitative estimate of drug-likeness (QED) is 0.0524. The molecule has 0 saturated heterocycles. The molecular weight excluding hydrogens is 610 g/mol. The van der Waals surface area contributed by atoms with Crippen LogP contribution in [0.25, 0.3) is 0 Å². The molecule has 2 aromatic rings. The molecule has 0 radical (unpaired) electrons. The highest BCUT2D eigenvalue weighted by molar-refractivity contribution is 7.39. The molecule has 45 heavy (non-hydrogen) atoms. The van der Waals surface area contributed by atoms with Gasteiger partial charge in [-0.2, -0.15) is 0 Å². The molecule has 0 aromatic heterocycles. The van der Waals surface area contributed by atoms with Crippen LogP contribution in [0.1, 0.15) is 115 Å². The van der Waals surface area contributed by atoms with Crippen LogP contribution in [0, 0.1) is 5.41 Å². The Balaban J connectivity index is 1.94. The summed E-state index contributed by atoms with van der Waals surface area (Å²) < 4.78 is 22.6. The van der Waals surface area contributed by atoms with Crippen molar-refractivity contribution in [3.8, 4) is 11.5 Å². The van der Waals surface area contributed by atoms with Gasteiger partial charge in [0.05, 0.1) is 18.6 Å². The van der Waals surface area contributed by atoms with Crippen molar-refractivity contribution < 1.29 is 38.1 Å². The number of hydrogen-bond donors (Lipinski definition) is 4. The van der Waals surface area contributed by atoms with Gasteiger partial charge < -0.3 is 38.1 Å². The lowest BCUT2D eigenvalue weighted by molar-refractivity contribution is -0.00888. The summed E-state index contributed by atoms with van der Waals surface area (Å²) in [6.07, 6.45) is 19.9. The van der Waals surface area contributed by atoms with Crippen LogP contribution in [0.2, 0.25) is 0 Å². The van der Waals surface area contributed by atoms with Crippen LogP contribution in [0.15, 0.2) is 48.5 Å². The Morgan fingerprint density at radius 2 is 0.800 bits per heavy atom. The third kappa shape index (κ3) is 19.2. The molecule has 0 spiro atoms. The first-order valence-corrected chi connectivity index (χ1v) is 19.2. The predicted octanol–water partition coefficient (Wildman–Crippen LogP) is 9.17. The van der Waals surface area contributed by atoms with E-state index in [9.17, 15) is 19.6 Å². The molecule has 0 unspecified atom stereocenters. The topological polar surface area (TPSA) is 118 Å². The van der Waals surface area contributed by atoms with Gasteiger partial charge in [0, 0.05) is 0 Å². The van der Waals surface area contributed by atoms with Crippen LogP contribution in [0.5, 0.6) is 11.5 Å². The molecule has 0 fully saturated rings. The second-order valence-corrected chi connectivity index (χ2v) is 13.7. The summed E-state index contributed by atoms with van der Waals surface area (Å²) in [4.78, 5) is 38.0. The van der Waals surface area contributed by atoms with Gasteiger partial charge >= 0.3 is 17.2 Å². The van der Waals surface area contributed by atoms with E-state index in [0.717, 1.165) is 25.7 Å². The highest BCUT2D eigenvalue weighted by Crippen LogP contribution is 2.35. The molecule has 0 heterocycles. The van der Waals surface area contributed by atoms with Gasteiger partial charge in [0.25, 0.3) is 0 Å². The zero-order valence-corrected chi connectivity index (χ0v) is 29.4. The Labute approximate surface area is 274 Å². The zero-order valence-electron chi connectivity index (χ0n) is 27.6. The largest absolute Gasteiger partial charge is 0.493 e. The van der Waals surface area contributed by atoms with Crippen molar-refractivity contribution in [2.24, 2.45) is 5.41 Å². The normalized spacial score (nSPS) is 11.9. The van der Waals surface area contributed by atoms with E-state index in [1.165, 1.54) is 88.2 Å². The lowest BCUT2D eigenvalue weighted by Gasteiger charge is -2.32. The Hall–Kier alpha value is -1.34. The second-order valence-electron chi connectivity index (χ2n) is 12.2. The number of rotatable bonds is 28. The highest BCUT2D eigenvalue weighted by Gasteiger charge is 2.36. The summed E-state index contributed by atoms with van der Waals surface area (Å²) >= 11 is 0. The van der Waals surface area contributed by atoms with Gasteiger partial charge in [-0.05, 0) is 61.1 Å². The molecule has 8 nitrogen and oxygen atoms in total. The lowest BCUT2D eigenvalue weighted by atomic mass is 9.92. The van der Waals surface area contributed by atoms with Crippen molar-refractivity contribution >= 4 is 17.2 Å². The first kappa shape index (κ1) is 39.8. The van der Waals surface area contributed by atoms with Crippen molar-refractivity contribution in [2.45, 2.75) is 117 Å². The van der Waals surface area contributed by atoms with Gasteiger partial charge in [0.2, 0.25) is 0 Å².